The number of benzene rings is 1. The van der Waals surface area contributed by atoms with Gasteiger partial charge in [-0.05, 0) is 24.6 Å². The van der Waals surface area contributed by atoms with E-state index < -0.39 is 10.0 Å². The van der Waals surface area contributed by atoms with E-state index in [2.05, 4.69) is 4.90 Å². The number of hydrogen-bond donors (Lipinski definition) is 1. The van der Waals surface area contributed by atoms with Gasteiger partial charge in [0.25, 0.3) is 0 Å². The van der Waals surface area contributed by atoms with Gasteiger partial charge in [-0.1, -0.05) is 0 Å². The Morgan fingerprint density at radius 2 is 2.14 bits per heavy atom. The lowest BCUT2D eigenvalue weighted by Gasteiger charge is -2.21. The molecule has 0 saturated carbocycles. The number of sulfonamides is 1. The first kappa shape index (κ1) is 16.1. The number of hydrogen-bond acceptors (Lipinski definition) is 5. The topological polar surface area (TPSA) is 75.9 Å². The Kier molecular flexibility index (Phi) is 4.75. The van der Waals surface area contributed by atoms with Crippen LogP contribution in [-0.4, -0.2) is 53.6 Å². The maximum absolute atomic E-state index is 12.1. The van der Waals surface area contributed by atoms with E-state index in [1.54, 1.807) is 19.2 Å². The Morgan fingerprint density at radius 3 is 2.71 bits per heavy atom. The summed E-state index contributed by atoms with van der Waals surface area (Å²) in [6.45, 7) is 2.54. The van der Waals surface area contributed by atoms with Crippen LogP contribution < -0.4 is 10.6 Å². The van der Waals surface area contributed by atoms with Gasteiger partial charge in [0, 0.05) is 40.2 Å². The fourth-order valence-corrected chi connectivity index (χ4v) is 3.55. The summed E-state index contributed by atoms with van der Waals surface area (Å²) in [6, 6.07) is 4.94. The Balaban J connectivity index is 2.21. The van der Waals surface area contributed by atoms with E-state index in [4.69, 9.17) is 10.5 Å². The molecule has 7 heteroatoms. The minimum Gasteiger partial charge on any atom is -0.397 e. The van der Waals surface area contributed by atoms with Gasteiger partial charge in [-0.15, -0.1) is 0 Å². The monoisotopic (exact) mass is 313 g/mol. The van der Waals surface area contributed by atoms with Gasteiger partial charge >= 0.3 is 0 Å². The lowest BCUT2D eigenvalue weighted by atomic mass is 10.1. The van der Waals surface area contributed by atoms with Crippen LogP contribution in [0.4, 0.5) is 11.4 Å². The molecule has 1 fully saturated rings. The van der Waals surface area contributed by atoms with E-state index in [0.717, 1.165) is 31.8 Å². The largest absolute Gasteiger partial charge is 0.397 e. The van der Waals surface area contributed by atoms with Crippen LogP contribution in [0.2, 0.25) is 0 Å². The average Bonchev–Trinajstić information content (AvgIpc) is 2.87. The third kappa shape index (κ3) is 3.30. The zero-order valence-electron chi connectivity index (χ0n) is 12.7. The van der Waals surface area contributed by atoms with Crippen molar-refractivity contribution in [2.45, 2.75) is 11.3 Å². The number of nitrogens with zero attached hydrogens (tertiary/aromatic N) is 2. The van der Waals surface area contributed by atoms with Gasteiger partial charge in [-0.3, -0.25) is 0 Å². The summed E-state index contributed by atoms with van der Waals surface area (Å²) in [5, 5.41) is 0. The number of ether oxygens (including phenoxy) is 1. The van der Waals surface area contributed by atoms with Crippen LogP contribution in [0.1, 0.15) is 6.42 Å². The second kappa shape index (κ2) is 6.21. The van der Waals surface area contributed by atoms with Crippen molar-refractivity contribution in [2.75, 3.05) is 51.5 Å². The van der Waals surface area contributed by atoms with Crippen molar-refractivity contribution < 1.29 is 13.2 Å². The second-order valence-electron chi connectivity index (χ2n) is 5.56. The predicted octanol–water partition coefficient (Wildman–Crippen LogP) is 0.992. The molecule has 0 aliphatic carbocycles. The van der Waals surface area contributed by atoms with Crippen LogP contribution in [0, 0.1) is 5.92 Å². The molecular formula is C14H23N3O3S. The van der Waals surface area contributed by atoms with Gasteiger partial charge in [-0.25, -0.2) is 12.7 Å². The maximum atomic E-state index is 12.1. The van der Waals surface area contributed by atoms with Crippen molar-refractivity contribution in [1.82, 2.24) is 4.31 Å². The van der Waals surface area contributed by atoms with Crippen molar-refractivity contribution in [1.29, 1.82) is 0 Å². The van der Waals surface area contributed by atoms with Crippen LogP contribution >= 0.6 is 0 Å². The quantitative estimate of drug-likeness (QED) is 0.821. The third-order valence-electron chi connectivity index (χ3n) is 3.81. The Labute approximate surface area is 126 Å². The molecule has 118 valence electrons. The van der Waals surface area contributed by atoms with Gasteiger partial charge < -0.3 is 15.4 Å². The molecule has 21 heavy (non-hydrogen) atoms. The number of anilines is 2. The van der Waals surface area contributed by atoms with Gasteiger partial charge in [-0.2, -0.15) is 0 Å². The lowest BCUT2D eigenvalue weighted by molar-refractivity contribution is 0.161. The van der Waals surface area contributed by atoms with Crippen molar-refractivity contribution in [3.8, 4) is 0 Å². The SMILES string of the molecule is COCC1CCN(c2ccc(S(=O)(=O)N(C)C)cc2N)C1. The van der Waals surface area contributed by atoms with Crippen molar-refractivity contribution in [3.63, 3.8) is 0 Å². The first-order chi connectivity index (χ1) is 9.86. The van der Waals surface area contributed by atoms with Crippen LogP contribution in [0.25, 0.3) is 0 Å². The van der Waals surface area contributed by atoms with E-state index in [9.17, 15) is 8.42 Å². The molecule has 0 aromatic heterocycles. The zero-order chi connectivity index (χ0) is 15.6. The summed E-state index contributed by atoms with van der Waals surface area (Å²) >= 11 is 0. The average molecular weight is 313 g/mol. The summed E-state index contributed by atoms with van der Waals surface area (Å²) in [7, 11) is 1.28. The van der Waals surface area contributed by atoms with E-state index in [-0.39, 0.29) is 4.90 Å². The van der Waals surface area contributed by atoms with Crippen LogP contribution in [0.3, 0.4) is 0 Å². The zero-order valence-corrected chi connectivity index (χ0v) is 13.6. The lowest BCUT2D eigenvalue weighted by Crippen LogP contribution is -2.24. The molecule has 1 aliphatic heterocycles. The molecular weight excluding hydrogens is 290 g/mol. The first-order valence-corrected chi connectivity index (χ1v) is 8.36. The fraction of sp³-hybridized carbons (Fsp3) is 0.571. The van der Waals surface area contributed by atoms with E-state index >= 15 is 0 Å². The van der Waals surface area contributed by atoms with Gasteiger partial charge in [0.1, 0.15) is 0 Å². The van der Waals surface area contributed by atoms with Gasteiger partial charge in [0.05, 0.1) is 22.9 Å². The highest BCUT2D eigenvalue weighted by Crippen LogP contribution is 2.31. The molecule has 0 bridgehead atoms. The molecule has 1 aromatic rings. The molecule has 1 atom stereocenters. The Morgan fingerprint density at radius 1 is 1.43 bits per heavy atom. The second-order valence-corrected chi connectivity index (χ2v) is 7.72. The highest BCUT2D eigenvalue weighted by atomic mass is 32.2. The highest BCUT2D eigenvalue weighted by Gasteiger charge is 2.25. The normalized spacial score (nSPS) is 19.4. The number of rotatable bonds is 5. The van der Waals surface area contributed by atoms with E-state index in [1.807, 2.05) is 0 Å². The first-order valence-electron chi connectivity index (χ1n) is 6.92. The van der Waals surface area contributed by atoms with Crippen molar-refractivity contribution >= 4 is 21.4 Å². The molecule has 1 unspecified atom stereocenters. The molecule has 2 N–H and O–H groups in total. The van der Waals surface area contributed by atoms with Crippen molar-refractivity contribution in [3.05, 3.63) is 18.2 Å². The molecule has 1 aromatic carbocycles. The highest BCUT2D eigenvalue weighted by molar-refractivity contribution is 7.89. The minimum absolute atomic E-state index is 0.224. The summed E-state index contributed by atoms with van der Waals surface area (Å²) in [5.74, 6) is 0.500. The van der Waals surface area contributed by atoms with E-state index in [0.29, 0.717) is 11.6 Å². The molecule has 6 nitrogen and oxygen atoms in total. The van der Waals surface area contributed by atoms with Crippen LogP contribution in [0.5, 0.6) is 0 Å². The summed E-state index contributed by atoms with van der Waals surface area (Å²) < 4.78 is 30.6. The Hall–Kier alpha value is -1.31. The standard InChI is InChI=1S/C14H23N3O3S/c1-16(2)21(18,19)12-4-5-14(13(15)8-12)17-7-6-11(9-17)10-20-3/h4-5,8,11H,6-7,9-10,15H2,1-3H3. The minimum atomic E-state index is -3.44. The predicted molar refractivity (Wildman–Crippen MR) is 83.9 cm³/mol. The summed E-state index contributed by atoms with van der Waals surface area (Å²) in [6.07, 6.45) is 1.06. The maximum Gasteiger partial charge on any atom is 0.242 e. The molecule has 0 spiro atoms. The van der Waals surface area contributed by atoms with Gasteiger partial charge in [0.2, 0.25) is 10.0 Å². The summed E-state index contributed by atoms with van der Waals surface area (Å²) in [4.78, 5) is 2.41. The number of methoxy groups -OCH3 is 1. The van der Waals surface area contributed by atoms with Crippen LogP contribution in [0.15, 0.2) is 23.1 Å². The Bertz CT molecular complexity index is 601. The molecule has 0 amide bonds. The van der Waals surface area contributed by atoms with Crippen LogP contribution in [-0.2, 0) is 14.8 Å². The number of nitrogen functional groups attached to an aromatic ring is 1. The van der Waals surface area contributed by atoms with Gasteiger partial charge in [0.15, 0.2) is 0 Å². The molecule has 1 saturated heterocycles. The molecule has 1 heterocycles. The molecule has 0 radical (unpaired) electrons. The summed E-state index contributed by atoms with van der Waals surface area (Å²) in [5.41, 5.74) is 7.45. The molecule has 2 rings (SSSR count). The fourth-order valence-electron chi connectivity index (χ4n) is 2.62. The smallest absolute Gasteiger partial charge is 0.242 e. The number of nitrogens with two attached hydrogens (primary N) is 1. The van der Waals surface area contributed by atoms with E-state index in [1.165, 1.54) is 24.5 Å². The third-order valence-corrected chi connectivity index (χ3v) is 5.62. The van der Waals surface area contributed by atoms with Crippen molar-refractivity contribution in [2.24, 2.45) is 5.92 Å². The molecule has 1 aliphatic rings.